The number of hydrogen-bond donors (Lipinski definition) is 2. The average molecular weight is 361 g/mol. The molecule has 0 spiro atoms. The fourth-order valence-corrected chi connectivity index (χ4v) is 2.88. The zero-order valence-corrected chi connectivity index (χ0v) is 15.0. The Morgan fingerprint density at radius 1 is 1.31 bits per heavy atom. The topological polar surface area (TPSA) is 110 Å². The van der Waals surface area contributed by atoms with Gasteiger partial charge in [0.2, 0.25) is 0 Å². The van der Waals surface area contributed by atoms with Crippen molar-refractivity contribution in [2.75, 3.05) is 0 Å². The molecule has 0 aromatic heterocycles. The van der Waals surface area contributed by atoms with E-state index in [2.05, 4.69) is 0 Å². The van der Waals surface area contributed by atoms with E-state index in [1.807, 2.05) is 0 Å². The number of aliphatic hydroxyl groups is 2. The maximum absolute atomic E-state index is 12.1. The Morgan fingerprint density at radius 3 is 2.50 bits per heavy atom. The van der Waals surface area contributed by atoms with E-state index in [0.29, 0.717) is 17.6 Å². The van der Waals surface area contributed by atoms with Gasteiger partial charge in [-0.15, -0.1) is 0 Å². The number of esters is 1. The molecule has 0 saturated heterocycles. The second-order valence-electron chi connectivity index (χ2n) is 7.15. The third-order valence-corrected chi connectivity index (χ3v) is 4.55. The average Bonchev–Trinajstić information content (AvgIpc) is 2.64. The lowest BCUT2D eigenvalue weighted by molar-refractivity contribution is -0.384. The summed E-state index contributed by atoms with van der Waals surface area (Å²) in [7, 11) is 0. The Labute approximate surface area is 151 Å². The van der Waals surface area contributed by atoms with Crippen LogP contribution in [0.4, 0.5) is 5.69 Å². The third kappa shape index (κ3) is 4.77. The van der Waals surface area contributed by atoms with Gasteiger partial charge >= 0.3 is 5.97 Å². The molecule has 0 saturated carbocycles. The molecule has 1 aliphatic carbocycles. The molecular formula is C19H23NO6. The van der Waals surface area contributed by atoms with E-state index in [9.17, 15) is 25.1 Å². The SMILES string of the molecule is CC1=CC(O)C(O)C(C)(C)CC1OC(=O)C=Cc1ccc([N+](=O)[O-])cc1. The quantitative estimate of drug-likeness (QED) is 0.280. The van der Waals surface area contributed by atoms with Crippen LogP contribution in [0.5, 0.6) is 0 Å². The molecule has 1 aromatic rings. The molecule has 7 nitrogen and oxygen atoms in total. The molecule has 2 rings (SSSR count). The van der Waals surface area contributed by atoms with Crippen molar-refractivity contribution < 1.29 is 24.7 Å². The van der Waals surface area contributed by atoms with Crippen LogP contribution in [0.1, 0.15) is 32.8 Å². The van der Waals surface area contributed by atoms with Gasteiger partial charge in [0.25, 0.3) is 5.69 Å². The molecule has 1 aromatic carbocycles. The highest BCUT2D eigenvalue weighted by molar-refractivity contribution is 5.87. The molecule has 3 unspecified atom stereocenters. The number of hydrogen-bond acceptors (Lipinski definition) is 6. The van der Waals surface area contributed by atoms with Gasteiger partial charge in [0.15, 0.2) is 0 Å². The first kappa shape index (κ1) is 19.8. The molecule has 140 valence electrons. The summed E-state index contributed by atoms with van der Waals surface area (Å²) in [4.78, 5) is 22.3. The monoisotopic (exact) mass is 361 g/mol. The van der Waals surface area contributed by atoms with E-state index in [-0.39, 0.29) is 5.69 Å². The zero-order valence-electron chi connectivity index (χ0n) is 15.0. The first-order valence-electron chi connectivity index (χ1n) is 8.28. The molecule has 0 bridgehead atoms. The number of carbonyl (C=O) groups excluding carboxylic acids is 1. The maximum atomic E-state index is 12.1. The van der Waals surface area contributed by atoms with Gasteiger partial charge in [-0.3, -0.25) is 10.1 Å². The summed E-state index contributed by atoms with van der Waals surface area (Å²) >= 11 is 0. The normalized spacial score (nSPS) is 25.4. The fraction of sp³-hybridized carbons (Fsp3) is 0.421. The molecule has 0 radical (unpaired) electrons. The van der Waals surface area contributed by atoms with Crippen molar-refractivity contribution in [3.05, 3.63) is 57.7 Å². The minimum Gasteiger partial charge on any atom is -0.455 e. The second kappa shape index (κ2) is 7.80. The fourth-order valence-electron chi connectivity index (χ4n) is 2.88. The Hall–Kier alpha value is -2.51. The maximum Gasteiger partial charge on any atom is 0.331 e. The molecule has 7 heteroatoms. The summed E-state index contributed by atoms with van der Waals surface area (Å²) in [5.74, 6) is -0.567. The number of rotatable bonds is 4. The first-order chi connectivity index (χ1) is 12.1. The van der Waals surface area contributed by atoms with Crippen molar-refractivity contribution in [3.8, 4) is 0 Å². The van der Waals surface area contributed by atoms with Crippen LogP contribution in [0.2, 0.25) is 0 Å². The second-order valence-corrected chi connectivity index (χ2v) is 7.15. The molecule has 26 heavy (non-hydrogen) atoms. The summed E-state index contributed by atoms with van der Waals surface area (Å²) in [6, 6.07) is 5.78. The van der Waals surface area contributed by atoms with Gasteiger partial charge in [-0.25, -0.2) is 4.79 Å². The van der Waals surface area contributed by atoms with Crippen LogP contribution in [-0.2, 0) is 9.53 Å². The smallest absolute Gasteiger partial charge is 0.331 e. The number of benzene rings is 1. The molecule has 1 aliphatic rings. The van der Waals surface area contributed by atoms with Crippen LogP contribution < -0.4 is 0 Å². The van der Waals surface area contributed by atoms with Crippen molar-refractivity contribution in [1.29, 1.82) is 0 Å². The van der Waals surface area contributed by atoms with Gasteiger partial charge in [0, 0.05) is 18.2 Å². The Balaban J connectivity index is 2.06. The lowest BCUT2D eigenvalue weighted by Gasteiger charge is -2.32. The van der Waals surface area contributed by atoms with Gasteiger partial charge in [0.1, 0.15) is 6.10 Å². The van der Waals surface area contributed by atoms with Crippen molar-refractivity contribution in [1.82, 2.24) is 0 Å². The highest BCUT2D eigenvalue weighted by Gasteiger charge is 2.39. The van der Waals surface area contributed by atoms with Gasteiger partial charge in [0.05, 0.1) is 17.1 Å². The number of non-ortho nitro benzene ring substituents is 1. The largest absolute Gasteiger partial charge is 0.455 e. The summed E-state index contributed by atoms with van der Waals surface area (Å²) < 4.78 is 5.48. The first-order valence-corrected chi connectivity index (χ1v) is 8.28. The minimum absolute atomic E-state index is 0.0247. The van der Waals surface area contributed by atoms with Gasteiger partial charge in [-0.2, -0.15) is 0 Å². The van der Waals surface area contributed by atoms with E-state index >= 15 is 0 Å². The minimum atomic E-state index is -1.01. The van der Waals surface area contributed by atoms with Gasteiger partial charge < -0.3 is 14.9 Å². The van der Waals surface area contributed by atoms with Crippen LogP contribution >= 0.6 is 0 Å². The van der Waals surface area contributed by atoms with Crippen LogP contribution in [0, 0.1) is 15.5 Å². The van der Waals surface area contributed by atoms with Crippen molar-refractivity contribution in [2.45, 2.75) is 45.5 Å². The summed E-state index contributed by atoms with van der Waals surface area (Å²) in [5.41, 5.74) is 0.662. The lowest BCUT2D eigenvalue weighted by atomic mass is 9.80. The zero-order chi connectivity index (χ0) is 19.5. The summed E-state index contributed by atoms with van der Waals surface area (Å²) in [6.45, 7) is 5.36. The van der Waals surface area contributed by atoms with E-state index < -0.39 is 34.6 Å². The molecule has 0 heterocycles. The molecule has 0 fully saturated rings. The van der Waals surface area contributed by atoms with Crippen molar-refractivity contribution in [3.63, 3.8) is 0 Å². The Morgan fingerprint density at radius 2 is 1.92 bits per heavy atom. The van der Waals surface area contributed by atoms with Crippen LogP contribution in [0.25, 0.3) is 6.08 Å². The molecular weight excluding hydrogens is 338 g/mol. The van der Waals surface area contributed by atoms with E-state index in [1.54, 1.807) is 20.8 Å². The number of aliphatic hydroxyl groups excluding tert-OH is 2. The number of nitro benzene ring substituents is 1. The summed E-state index contributed by atoms with van der Waals surface area (Å²) in [6.07, 6.45) is 2.14. The highest BCUT2D eigenvalue weighted by Crippen LogP contribution is 2.35. The van der Waals surface area contributed by atoms with E-state index in [4.69, 9.17) is 4.74 Å². The van der Waals surface area contributed by atoms with Crippen LogP contribution in [0.15, 0.2) is 42.0 Å². The predicted molar refractivity (Wildman–Crippen MR) is 96.2 cm³/mol. The van der Waals surface area contributed by atoms with E-state index in [0.717, 1.165) is 0 Å². The van der Waals surface area contributed by atoms with Crippen LogP contribution in [-0.4, -0.2) is 39.4 Å². The lowest BCUT2D eigenvalue weighted by Crippen LogP contribution is -2.39. The van der Waals surface area contributed by atoms with Gasteiger partial charge in [-0.05, 0) is 48.1 Å². The van der Waals surface area contributed by atoms with Gasteiger partial charge in [-0.1, -0.05) is 19.9 Å². The van der Waals surface area contributed by atoms with Crippen molar-refractivity contribution >= 4 is 17.7 Å². The molecule has 0 amide bonds. The number of nitrogens with zero attached hydrogens (tertiary/aromatic N) is 1. The number of ether oxygens (including phenoxy) is 1. The van der Waals surface area contributed by atoms with Crippen molar-refractivity contribution in [2.24, 2.45) is 5.41 Å². The Bertz CT molecular complexity index is 735. The molecule has 2 N–H and O–H groups in total. The van der Waals surface area contributed by atoms with E-state index in [1.165, 1.54) is 42.5 Å². The predicted octanol–water partition coefficient (Wildman–Crippen LogP) is 2.62. The van der Waals surface area contributed by atoms with Crippen LogP contribution in [0.3, 0.4) is 0 Å². The third-order valence-electron chi connectivity index (χ3n) is 4.55. The highest BCUT2D eigenvalue weighted by atomic mass is 16.6. The standard InChI is InChI=1S/C19H23NO6/c1-12-10-15(21)18(23)19(2,3)11-16(12)26-17(22)9-6-13-4-7-14(8-5-13)20(24)25/h4-10,15-16,18,21,23H,11H2,1-3H3. The summed E-state index contributed by atoms with van der Waals surface area (Å²) in [5, 5.41) is 30.8. The molecule has 3 atom stereocenters. The number of carbonyl (C=O) groups is 1. The number of nitro groups is 1. The molecule has 0 aliphatic heterocycles. The Kier molecular flexibility index (Phi) is 5.94.